The number of benzene rings is 1. The third kappa shape index (κ3) is 3.39. The molecule has 1 aromatic carbocycles. The lowest BCUT2D eigenvalue weighted by Gasteiger charge is -2.37. The van der Waals surface area contributed by atoms with Crippen LogP contribution in [0.15, 0.2) is 67.0 Å². The van der Waals surface area contributed by atoms with Gasteiger partial charge in [0, 0.05) is 24.1 Å². The Labute approximate surface area is 181 Å². The number of para-hydroxylation sites is 1. The van der Waals surface area contributed by atoms with Gasteiger partial charge in [-0.1, -0.05) is 37.5 Å². The van der Waals surface area contributed by atoms with E-state index in [4.69, 9.17) is 12.2 Å². The van der Waals surface area contributed by atoms with Gasteiger partial charge in [0.25, 0.3) is 0 Å². The van der Waals surface area contributed by atoms with E-state index in [-0.39, 0.29) is 17.9 Å². The molecule has 1 aliphatic heterocycles. The Kier molecular flexibility index (Phi) is 5.25. The second-order valence-electron chi connectivity index (χ2n) is 8.08. The summed E-state index contributed by atoms with van der Waals surface area (Å²) in [4.78, 5) is 6.98. The van der Waals surface area contributed by atoms with Crippen molar-refractivity contribution in [3.05, 3.63) is 84.2 Å². The van der Waals surface area contributed by atoms with Gasteiger partial charge in [-0.3, -0.25) is 4.98 Å². The molecule has 0 unspecified atom stereocenters. The molecule has 154 valence electrons. The fourth-order valence-corrected chi connectivity index (χ4v) is 5.33. The molecule has 0 bridgehead atoms. The number of halogens is 1. The highest BCUT2D eigenvalue weighted by Crippen LogP contribution is 2.43. The van der Waals surface area contributed by atoms with E-state index in [0.29, 0.717) is 11.7 Å². The number of nitrogens with zero attached hydrogens (tertiary/aromatic N) is 3. The monoisotopic (exact) mass is 420 g/mol. The zero-order chi connectivity index (χ0) is 20.5. The predicted octanol–water partition coefficient (Wildman–Crippen LogP) is 5.32. The van der Waals surface area contributed by atoms with Crippen LogP contribution >= 0.6 is 12.2 Å². The quantitative estimate of drug-likeness (QED) is 0.580. The summed E-state index contributed by atoms with van der Waals surface area (Å²) in [6.07, 6.45) is 9.74. The van der Waals surface area contributed by atoms with Crippen molar-refractivity contribution < 1.29 is 4.39 Å². The van der Waals surface area contributed by atoms with Crippen molar-refractivity contribution in [3.63, 3.8) is 0 Å². The first-order valence-electron chi connectivity index (χ1n) is 10.7. The van der Waals surface area contributed by atoms with Crippen LogP contribution in [0.3, 0.4) is 0 Å². The predicted molar refractivity (Wildman–Crippen MR) is 120 cm³/mol. The lowest BCUT2D eigenvalue weighted by Crippen LogP contribution is -2.40. The summed E-state index contributed by atoms with van der Waals surface area (Å²) in [5, 5.41) is 4.30. The maximum atomic E-state index is 14.7. The molecule has 5 rings (SSSR count). The van der Waals surface area contributed by atoms with E-state index in [1.807, 2.05) is 53.4 Å². The molecule has 30 heavy (non-hydrogen) atoms. The topological polar surface area (TPSA) is 33.1 Å². The minimum absolute atomic E-state index is 0.0508. The summed E-state index contributed by atoms with van der Waals surface area (Å²) >= 11 is 5.84. The van der Waals surface area contributed by atoms with E-state index in [1.165, 1.54) is 25.3 Å². The van der Waals surface area contributed by atoms with Crippen molar-refractivity contribution in [1.82, 2.24) is 19.8 Å². The Bertz CT molecular complexity index is 1030. The standard InChI is InChI=1S/C24H25FN4S/c25-18-11-4-5-13-20(18)28-16-8-14-21(28)23-22(19-12-6-7-15-26-19)27-24(30)29(23)17-9-2-1-3-10-17/h4-8,11-17,22-23H,1-3,9-10H2,(H,27,30)/t22-,23-/m1/s1. The molecule has 3 heterocycles. The molecule has 2 aliphatic rings. The molecule has 6 heteroatoms. The SMILES string of the molecule is Fc1ccccc1-n1cccc1[C@@H]1[C@@H](c2ccccn2)NC(=S)N1C1CCCCC1. The van der Waals surface area contributed by atoms with Crippen molar-refractivity contribution >= 4 is 17.3 Å². The van der Waals surface area contributed by atoms with Gasteiger partial charge in [-0.05, 0) is 61.5 Å². The largest absolute Gasteiger partial charge is 0.352 e. The summed E-state index contributed by atoms with van der Waals surface area (Å²) in [5.74, 6) is -0.234. The molecule has 1 saturated carbocycles. The highest BCUT2D eigenvalue weighted by Gasteiger charge is 2.44. The Hall–Kier alpha value is -2.73. The summed E-state index contributed by atoms with van der Waals surface area (Å²) < 4.78 is 16.6. The highest BCUT2D eigenvalue weighted by molar-refractivity contribution is 7.80. The number of thiocarbonyl (C=S) groups is 1. The molecule has 0 amide bonds. The van der Waals surface area contributed by atoms with Crippen LogP contribution in [-0.4, -0.2) is 25.6 Å². The van der Waals surface area contributed by atoms with Crippen molar-refractivity contribution in [1.29, 1.82) is 0 Å². The van der Waals surface area contributed by atoms with Crippen molar-refractivity contribution in [2.75, 3.05) is 0 Å². The minimum atomic E-state index is -0.234. The lowest BCUT2D eigenvalue weighted by molar-refractivity contribution is 0.193. The second kappa shape index (κ2) is 8.19. The second-order valence-corrected chi connectivity index (χ2v) is 8.47. The molecule has 1 aliphatic carbocycles. The van der Waals surface area contributed by atoms with Crippen LogP contribution in [0.2, 0.25) is 0 Å². The molecule has 2 fully saturated rings. The van der Waals surface area contributed by atoms with Crippen molar-refractivity contribution in [3.8, 4) is 5.69 Å². The van der Waals surface area contributed by atoms with Gasteiger partial charge in [0.15, 0.2) is 5.11 Å². The molecule has 0 radical (unpaired) electrons. The van der Waals surface area contributed by atoms with Gasteiger partial charge in [-0.15, -0.1) is 0 Å². The summed E-state index contributed by atoms with van der Waals surface area (Å²) in [6.45, 7) is 0. The fraction of sp³-hybridized carbons (Fsp3) is 0.333. The van der Waals surface area contributed by atoms with Gasteiger partial charge >= 0.3 is 0 Å². The van der Waals surface area contributed by atoms with Gasteiger partial charge in [-0.25, -0.2) is 4.39 Å². The Morgan fingerprint density at radius 2 is 1.77 bits per heavy atom. The van der Waals surface area contributed by atoms with E-state index in [1.54, 1.807) is 6.07 Å². The van der Waals surface area contributed by atoms with E-state index >= 15 is 0 Å². The Balaban J connectivity index is 1.62. The first kappa shape index (κ1) is 19.2. The van der Waals surface area contributed by atoms with E-state index in [9.17, 15) is 4.39 Å². The average Bonchev–Trinajstić information content (AvgIpc) is 3.39. The van der Waals surface area contributed by atoms with Crippen molar-refractivity contribution in [2.24, 2.45) is 0 Å². The summed E-state index contributed by atoms with van der Waals surface area (Å²) in [6, 6.07) is 17.2. The zero-order valence-electron chi connectivity index (χ0n) is 16.7. The third-order valence-electron chi connectivity index (χ3n) is 6.30. The molecule has 4 nitrogen and oxygen atoms in total. The first-order chi connectivity index (χ1) is 14.7. The van der Waals surface area contributed by atoms with Crippen molar-refractivity contribution in [2.45, 2.75) is 50.2 Å². The normalized spacial score (nSPS) is 22.3. The van der Waals surface area contributed by atoms with Crippen LogP contribution in [0.25, 0.3) is 5.69 Å². The molecular weight excluding hydrogens is 395 g/mol. The van der Waals surface area contributed by atoms with Crippen LogP contribution in [0.5, 0.6) is 0 Å². The van der Waals surface area contributed by atoms with Crippen LogP contribution in [0.4, 0.5) is 4.39 Å². The third-order valence-corrected chi connectivity index (χ3v) is 6.63. The number of nitrogens with one attached hydrogen (secondary N) is 1. The molecule has 1 N–H and O–H groups in total. The number of hydrogen-bond donors (Lipinski definition) is 1. The van der Waals surface area contributed by atoms with E-state index < -0.39 is 0 Å². The lowest BCUT2D eigenvalue weighted by atomic mass is 9.92. The van der Waals surface area contributed by atoms with Crippen LogP contribution < -0.4 is 5.32 Å². The molecule has 2 atom stereocenters. The molecule has 0 spiro atoms. The molecular formula is C24H25FN4S. The van der Waals surface area contributed by atoms with E-state index in [0.717, 1.165) is 29.3 Å². The zero-order valence-corrected chi connectivity index (χ0v) is 17.6. The molecule has 1 saturated heterocycles. The smallest absolute Gasteiger partial charge is 0.170 e. The maximum absolute atomic E-state index is 14.7. The summed E-state index contributed by atoms with van der Waals surface area (Å²) in [5.41, 5.74) is 2.52. The van der Waals surface area contributed by atoms with E-state index in [2.05, 4.69) is 21.3 Å². The van der Waals surface area contributed by atoms with Gasteiger partial charge in [0.1, 0.15) is 5.82 Å². The summed E-state index contributed by atoms with van der Waals surface area (Å²) in [7, 11) is 0. The fourth-order valence-electron chi connectivity index (χ4n) is 4.94. The van der Waals surface area contributed by atoms with Crippen LogP contribution in [0, 0.1) is 5.82 Å². The number of hydrogen-bond acceptors (Lipinski definition) is 2. The highest BCUT2D eigenvalue weighted by atomic mass is 32.1. The molecule has 2 aromatic heterocycles. The number of aromatic nitrogens is 2. The Morgan fingerprint density at radius 1 is 0.967 bits per heavy atom. The van der Waals surface area contributed by atoms with Gasteiger partial charge < -0.3 is 14.8 Å². The first-order valence-corrected chi connectivity index (χ1v) is 11.1. The Morgan fingerprint density at radius 3 is 2.53 bits per heavy atom. The van der Waals surface area contributed by atoms with Gasteiger partial charge in [0.2, 0.25) is 0 Å². The number of pyridine rings is 1. The molecule has 3 aromatic rings. The minimum Gasteiger partial charge on any atom is -0.352 e. The maximum Gasteiger partial charge on any atom is 0.170 e. The average molecular weight is 421 g/mol. The van der Waals surface area contributed by atoms with Crippen LogP contribution in [0.1, 0.15) is 55.6 Å². The van der Waals surface area contributed by atoms with Gasteiger partial charge in [0.05, 0.1) is 23.5 Å². The number of rotatable bonds is 4. The van der Waals surface area contributed by atoms with Gasteiger partial charge in [-0.2, -0.15) is 0 Å². The van der Waals surface area contributed by atoms with Crippen LogP contribution in [-0.2, 0) is 0 Å².